The Labute approximate surface area is 215 Å². The molecule has 5 rings (SSSR count). The van der Waals surface area contributed by atoms with Crippen molar-refractivity contribution in [2.75, 3.05) is 13.1 Å². The maximum atomic E-state index is 13.2. The number of para-hydroxylation sites is 1. The summed E-state index contributed by atoms with van der Waals surface area (Å²) in [5.74, 6) is 1.00. The SMILES string of the molecule is Cc1ccc(-c2nn(-c3ccccc3)cc2C(=O)NCc2ccc(C(=O)N3CC(C)OC(C)C3)cc2)o1. The van der Waals surface area contributed by atoms with E-state index in [4.69, 9.17) is 9.15 Å². The fourth-order valence-electron chi connectivity index (χ4n) is 4.57. The van der Waals surface area contributed by atoms with E-state index in [2.05, 4.69) is 10.4 Å². The van der Waals surface area contributed by atoms with E-state index in [0.717, 1.165) is 17.0 Å². The molecule has 2 amide bonds. The van der Waals surface area contributed by atoms with Crippen LogP contribution in [0.3, 0.4) is 0 Å². The van der Waals surface area contributed by atoms with Crippen molar-refractivity contribution in [3.05, 3.63) is 95.4 Å². The quantitative estimate of drug-likeness (QED) is 0.419. The smallest absolute Gasteiger partial charge is 0.255 e. The fraction of sp³-hybridized carbons (Fsp3) is 0.276. The number of morpholine rings is 1. The van der Waals surface area contributed by atoms with Crippen molar-refractivity contribution in [2.24, 2.45) is 0 Å². The van der Waals surface area contributed by atoms with Gasteiger partial charge in [-0.2, -0.15) is 5.10 Å². The van der Waals surface area contributed by atoms with Crippen LogP contribution >= 0.6 is 0 Å². The number of aromatic nitrogens is 2. The van der Waals surface area contributed by atoms with E-state index in [9.17, 15) is 9.59 Å². The topological polar surface area (TPSA) is 89.6 Å². The van der Waals surface area contributed by atoms with Crippen molar-refractivity contribution >= 4 is 11.8 Å². The summed E-state index contributed by atoms with van der Waals surface area (Å²) >= 11 is 0. The zero-order valence-electron chi connectivity index (χ0n) is 21.2. The third kappa shape index (κ3) is 5.49. The van der Waals surface area contributed by atoms with Crippen molar-refractivity contribution in [1.82, 2.24) is 20.0 Å². The van der Waals surface area contributed by atoms with Gasteiger partial charge in [0.15, 0.2) is 5.76 Å². The van der Waals surface area contributed by atoms with Crippen LogP contribution in [0, 0.1) is 6.92 Å². The first-order valence-corrected chi connectivity index (χ1v) is 12.4. The number of carbonyl (C=O) groups is 2. The van der Waals surface area contributed by atoms with Crippen LogP contribution in [0.25, 0.3) is 17.1 Å². The molecule has 0 radical (unpaired) electrons. The van der Waals surface area contributed by atoms with Crippen LogP contribution in [0.1, 0.15) is 45.9 Å². The van der Waals surface area contributed by atoms with Crippen LogP contribution in [-0.2, 0) is 11.3 Å². The minimum atomic E-state index is -0.261. The maximum Gasteiger partial charge on any atom is 0.255 e. The fourth-order valence-corrected chi connectivity index (χ4v) is 4.57. The standard InChI is InChI=1S/C29H30N4O4/c1-19-9-14-26(37-19)27-25(18-33(31-27)24-7-5-4-6-8-24)28(34)30-15-22-10-12-23(13-11-22)29(35)32-16-20(2)36-21(3)17-32/h4-14,18,20-21H,15-17H2,1-3H3,(H,30,34). The van der Waals surface area contributed by atoms with Crippen LogP contribution in [0.2, 0.25) is 0 Å². The number of nitrogens with one attached hydrogen (secondary N) is 1. The summed E-state index contributed by atoms with van der Waals surface area (Å²) in [5, 5.41) is 7.61. The zero-order chi connectivity index (χ0) is 25.9. The number of hydrogen-bond acceptors (Lipinski definition) is 5. The largest absolute Gasteiger partial charge is 0.460 e. The Hall–Kier alpha value is -4.17. The highest BCUT2D eigenvalue weighted by molar-refractivity contribution is 5.99. The number of furan rings is 1. The highest BCUT2D eigenvalue weighted by atomic mass is 16.5. The predicted molar refractivity (Wildman–Crippen MR) is 140 cm³/mol. The molecule has 4 aromatic rings. The van der Waals surface area contributed by atoms with Gasteiger partial charge in [0.2, 0.25) is 0 Å². The molecular formula is C29H30N4O4. The molecule has 1 N–H and O–H groups in total. The lowest BCUT2D eigenvalue weighted by Gasteiger charge is -2.35. The third-order valence-electron chi connectivity index (χ3n) is 6.31. The third-order valence-corrected chi connectivity index (χ3v) is 6.31. The van der Waals surface area contributed by atoms with Crippen LogP contribution in [0.15, 0.2) is 77.3 Å². The molecular weight excluding hydrogens is 468 g/mol. The molecule has 0 spiro atoms. The Morgan fingerprint density at radius 2 is 1.68 bits per heavy atom. The van der Waals surface area contributed by atoms with Gasteiger partial charge in [-0.3, -0.25) is 9.59 Å². The summed E-state index contributed by atoms with van der Waals surface area (Å²) in [6.45, 7) is 7.27. The molecule has 2 aromatic heterocycles. The van der Waals surface area contributed by atoms with Crippen LogP contribution in [0.4, 0.5) is 0 Å². The molecule has 0 aliphatic carbocycles. The molecule has 8 nitrogen and oxygen atoms in total. The van der Waals surface area contributed by atoms with Crippen molar-refractivity contribution in [3.63, 3.8) is 0 Å². The van der Waals surface area contributed by atoms with E-state index in [1.165, 1.54) is 0 Å². The normalized spacial score (nSPS) is 17.5. The summed E-state index contributed by atoms with van der Waals surface area (Å²) in [4.78, 5) is 28.0. The number of carbonyl (C=O) groups excluding carboxylic acids is 2. The van der Waals surface area contributed by atoms with Gasteiger partial charge in [0, 0.05) is 31.4 Å². The van der Waals surface area contributed by atoms with Crippen molar-refractivity contribution in [3.8, 4) is 17.1 Å². The zero-order valence-corrected chi connectivity index (χ0v) is 21.2. The highest BCUT2D eigenvalue weighted by Crippen LogP contribution is 2.26. The van der Waals surface area contributed by atoms with Gasteiger partial charge in [-0.15, -0.1) is 0 Å². The predicted octanol–water partition coefficient (Wildman–Crippen LogP) is 4.62. The first kappa shape index (κ1) is 24.5. The summed E-state index contributed by atoms with van der Waals surface area (Å²) in [6.07, 6.45) is 1.75. The van der Waals surface area contributed by atoms with E-state index in [1.807, 2.05) is 80.3 Å². The second-order valence-corrected chi connectivity index (χ2v) is 9.43. The Morgan fingerprint density at radius 3 is 2.32 bits per heavy atom. The van der Waals surface area contributed by atoms with Gasteiger partial charge < -0.3 is 19.4 Å². The van der Waals surface area contributed by atoms with E-state index in [1.54, 1.807) is 23.0 Å². The Bertz CT molecular complexity index is 1380. The van der Waals surface area contributed by atoms with Crippen LogP contribution in [-0.4, -0.2) is 51.8 Å². The van der Waals surface area contributed by atoms with Crippen LogP contribution < -0.4 is 5.32 Å². The van der Waals surface area contributed by atoms with Gasteiger partial charge in [0.25, 0.3) is 11.8 Å². The lowest BCUT2D eigenvalue weighted by Crippen LogP contribution is -2.48. The Balaban J connectivity index is 1.30. The second kappa shape index (κ2) is 10.4. The number of benzene rings is 2. The number of ether oxygens (including phenoxy) is 1. The molecule has 8 heteroatoms. The molecule has 1 aliphatic rings. The molecule has 1 fully saturated rings. The second-order valence-electron chi connectivity index (χ2n) is 9.43. The van der Waals surface area contributed by atoms with Crippen molar-refractivity contribution in [2.45, 2.75) is 39.5 Å². The lowest BCUT2D eigenvalue weighted by atomic mass is 10.1. The van der Waals surface area contributed by atoms with Gasteiger partial charge in [0.05, 0.1) is 23.5 Å². The highest BCUT2D eigenvalue weighted by Gasteiger charge is 2.26. The summed E-state index contributed by atoms with van der Waals surface area (Å²) in [7, 11) is 0. The molecule has 1 saturated heterocycles. The molecule has 3 heterocycles. The summed E-state index contributed by atoms with van der Waals surface area (Å²) in [5.41, 5.74) is 3.25. The maximum absolute atomic E-state index is 13.2. The summed E-state index contributed by atoms with van der Waals surface area (Å²) < 4.78 is 13.2. The monoisotopic (exact) mass is 498 g/mol. The van der Waals surface area contributed by atoms with Gasteiger partial charge in [-0.05, 0) is 62.7 Å². The number of aryl methyl sites for hydroxylation is 1. The van der Waals surface area contributed by atoms with Gasteiger partial charge in [-0.1, -0.05) is 30.3 Å². The first-order valence-electron chi connectivity index (χ1n) is 12.4. The Kier molecular flexibility index (Phi) is 6.92. The van der Waals surface area contributed by atoms with Crippen molar-refractivity contribution in [1.29, 1.82) is 0 Å². The molecule has 2 atom stereocenters. The van der Waals surface area contributed by atoms with E-state index in [0.29, 0.717) is 42.2 Å². The lowest BCUT2D eigenvalue weighted by molar-refractivity contribution is -0.0586. The van der Waals surface area contributed by atoms with E-state index in [-0.39, 0.29) is 24.0 Å². The molecule has 190 valence electrons. The number of rotatable bonds is 6. The molecule has 37 heavy (non-hydrogen) atoms. The molecule has 2 unspecified atom stereocenters. The van der Waals surface area contributed by atoms with Gasteiger partial charge >= 0.3 is 0 Å². The average Bonchev–Trinajstić information content (AvgIpc) is 3.54. The first-order chi connectivity index (χ1) is 17.9. The summed E-state index contributed by atoms with van der Waals surface area (Å²) in [6, 6.07) is 20.6. The number of nitrogens with zero attached hydrogens (tertiary/aromatic N) is 3. The van der Waals surface area contributed by atoms with Gasteiger partial charge in [-0.25, -0.2) is 4.68 Å². The molecule has 0 bridgehead atoms. The van der Waals surface area contributed by atoms with Crippen LogP contribution in [0.5, 0.6) is 0 Å². The van der Waals surface area contributed by atoms with Gasteiger partial charge in [0.1, 0.15) is 11.5 Å². The van der Waals surface area contributed by atoms with Crippen molar-refractivity contribution < 1.29 is 18.7 Å². The minimum Gasteiger partial charge on any atom is -0.460 e. The Morgan fingerprint density at radius 1 is 0.973 bits per heavy atom. The molecule has 2 aromatic carbocycles. The number of hydrogen-bond donors (Lipinski definition) is 1. The molecule has 1 aliphatic heterocycles. The van der Waals surface area contributed by atoms with E-state index >= 15 is 0 Å². The van der Waals surface area contributed by atoms with E-state index < -0.39 is 0 Å². The minimum absolute atomic E-state index is 0.00991. The average molecular weight is 499 g/mol. The molecule has 0 saturated carbocycles. The number of amides is 2.